The maximum Gasteiger partial charge on any atom is 0.277 e. The normalized spacial score (nSPS) is 10.8. The molecule has 0 fully saturated rings. The predicted octanol–water partition coefficient (Wildman–Crippen LogP) is 4.57. The molecule has 0 aliphatic carbocycles. The van der Waals surface area contributed by atoms with Crippen molar-refractivity contribution < 1.29 is 9.21 Å². The third-order valence-corrected chi connectivity index (χ3v) is 4.74. The summed E-state index contributed by atoms with van der Waals surface area (Å²) in [6.45, 7) is 7.97. The van der Waals surface area contributed by atoms with E-state index in [-0.39, 0.29) is 5.91 Å². The number of rotatable bonds is 10. The van der Waals surface area contributed by atoms with E-state index in [1.165, 1.54) is 17.3 Å². The summed E-state index contributed by atoms with van der Waals surface area (Å²) >= 11 is 1.31. The van der Waals surface area contributed by atoms with Crippen LogP contribution in [-0.4, -0.2) is 39.8 Å². The summed E-state index contributed by atoms with van der Waals surface area (Å²) in [7, 11) is 0. The van der Waals surface area contributed by atoms with Crippen LogP contribution in [0.4, 0.5) is 0 Å². The Balaban J connectivity index is 1.91. The molecule has 0 unspecified atom stereocenters. The zero-order valence-corrected chi connectivity index (χ0v) is 16.1. The van der Waals surface area contributed by atoms with E-state index in [0.29, 0.717) is 16.9 Å². The van der Waals surface area contributed by atoms with E-state index in [1.54, 1.807) is 0 Å². The van der Waals surface area contributed by atoms with Crippen LogP contribution in [0.25, 0.3) is 11.5 Å². The molecule has 0 atom stereocenters. The number of unbranched alkanes of at least 4 members (excludes halogenated alkanes) is 2. The molecule has 1 aromatic carbocycles. The van der Waals surface area contributed by atoms with Crippen LogP contribution in [0.2, 0.25) is 0 Å². The molecular formula is C19H27N3O2S. The van der Waals surface area contributed by atoms with Gasteiger partial charge in [-0.3, -0.25) is 4.79 Å². The Hall–Kier alpha value is -1.82. The molecule has 2 rings (SSSR count). The third kappa shape index (κ3) is 6.20. The topological polar surface area (TPSA) is 59.2 Å². The van der Waals surface area contributed by atoms with Crippen LogP contribution in [0, 0.1) is 6.92 Å². The van der Waals surface area contributed by atoms with Crippen molar-refractivity contribution >= 4 is 17.7 Å². The Morgan fingerprint density at radius 1 is 1.08 bits per heavy atom. The van der Waals surface area contributed by atoms with Crippen molar-refractivity contribution in [2.75, 3.05) is 18.8 Å². The van der Waals surface area contributed by atoms with Gasteiger partial charge >= 0.3 is 0 Å². The molecule has 25 heavy (non-hydrogen) atoms. The van der Waals surface area contributed by atoms with Gasteiger partial charge in [-0.2, -0.15) is 0 Å². The number of benzene rings is 1. The summed E-state index contributed by atoms with van der Waals surface area (Å²) in [5.41, 5.74) is 2.08. The lowest BCUT2D eigenvalue weighted by Gasteiger charge is -2.21. The molecule has 2 aromatic rings. The van der Waals surface area contributed by atoms with Crippen molar-refractivity contribution in [3.8, 4) is 11.5 Å². The molecule has 1 aromatic heterocycles. The molecule has 0 saturated carbocycles. The molecule has 0 aliphatic heterocycles. The molecule has 0 spiro atoms. The van der Waals surface area contributed by atoms with Gasteiger partial charge in [0.25, 0.3) is 5.22 Å². The van der Waals surface area contributed by atoms with E-state index in [1.807, 2.05) is 36.1 Å². The Kier molecular flexibility index (Phi) is 7.98. The molecule has 0 saturated heterocycles. The Bertz CT molecular complexity index is 647. The maximum absolute atomic E-state index is 12.5. The minimum absolute atomic E-state index is 0.141. The van der Waals surface area contributed by atoms with Crippen molar-refractivity contribution in [3.63, 3.8) is 0 Å². The van der Waals surface area contributed by atoms with E-state index < -0.39 is 0 Å². The summed E-state index contributed by atoms with van der Waals surface area (Å²) in [6.07, 6.45) is 4.26. The van der Waals surface area contributed by atoms with Gasteiger partial charge in [0.15, 0.2) is 0 Å². The molecule has 0 aliphatic rings. The number of thioether (sulfide) groups is 1. The fraction of sp³-hybridized carbons (Fsp3) is 0.526. The average molecular weight is 362 g/mol. The smallest absolute Gasteiger partial charge is 0.277 e. The summed E-state index contributed by atoms with van der Waals surface area (Å²) in [4.78, 5) is 14.4. The lowest BCUT2D eigenvalue weighted by atomic mass is 10.1. The summed E-state index contributed by atoms with van der Waals surface area (Å²) in [5.74, 6) is 0.967. The van der Waals surface area contributed by atoms with Crippen LogP contribution >= 0.6 is 11.8 Å². The zero-order valence-electron chi connectivity index (χ0n) is 15.3. The molecule has 0 N–H and O–H groups in total. The first-order valence-corrected chi connectivity index (χ1v) is 9.93. The van der Waals surface area contributed by atoms with Gasteiger partial charge in [0, 0.05) is 18.7 Å². The Morgan fingerprint density at radius 3 is 2.32 bits per heavy atom. The summed E-state index contributed by atoms with van der Waals surface area (Å²) < 4.78 is 5.67. The maximum atomic E-state index is 12.5. The van der Waals surface area contributed by atoms with Crippen molar-refractivity contribution in [3.05, 3.63) is 29.8 Å². The van der Waals surface area contributed by atoms with Gasteiger partial charge in [0.2, 0.25) is 11.8 Å². The van der Waals surface area contributed by atoms with Crippen molar-refractivity contribution in [1.82, 2.24) is 15.1 Å². The largest absolute Gasteiger partial charge is 0.411 e. The number of aryl methyl sites for hydroxylation is 1. The molecule has 5 nitrogen and oxygen atoms in total. The van der Waals surface area contributed by atoms with Gasteiger partial charge in [-0.05, 0) is 31.9 Å². The first-order valence-electron chi connectivity index (χ1n) is 8.95. The summed E-state index contributed by atoms with van der Waals surface area (Å²) in [6, 6.07) is 7.93. The van der Waals surface area contributed by atoms with Crippen LogP contribution in [0.5, 0.6) is 0 Å². The van der Waals surface area contributed by atoms with E-state index in [9.17, 15) is 4.79 Å². The van der Waals surface area contributed by atoms with E-state index in [0.717, 1.165) is 44.3 Å². The third-order valence-electron chi connectivity index (χ3n) is 3.94. The number of carbonyl (C=O) groups is 1. The highest BCUT2D eigenvalue weighted by Gasteiger charge is 2.15. The van der Waals surface area contributed by atoms with E-state index in [2.05, 4.69) is 24.0 Å². The van der Waals surface area contributed by atoms with Crippen LogP contribution < -0.4 is 0 Å². The predicted molar refractivity (Wildman–Crippen MR) is 102 cm³/mol. The quantitative estimate of drug-likeness (QED) is 0.580. The molecule has 6 heteroatoms. The van der Waals surface area contributed by atoms with Gasteiger partial charge < -0.3 is 9.32 Å². The van der Waals surface area contributed by atoms with Crippen molar-refractivity contribution in [1.29, 1.82) is 0 Å². The number of carbonyl (C=O) groups excluding carboxylic acids is 1. The van der Waals surface area contributed by atoms with Crippen molar-refractivity contribution in [2.45, 2.75) is 51.7 Å². The SMILES string of the molecule is CCCCN(CCCC)C(=O)CSc1nnc(-c2ccc(C)cc2)o1. The monoisotopic (exact) mass is 361 g/mol. The second kappa shape index (κ2) is 10.2. The number of amides is 1. The van der Waals surface area contributed by atoms with E-state index in [4.69, 9.17) is 4.42 Å². The number of hydrogen-bond donors (Lipinski definition) is 0. The molecular weight excluding hydrogens is 334 g/mol. The van der Waals surface area contributed by atoms with Gasteiger partial charge in [-0.1, -0.05) is 56.1 Å². The fourth-order valence-electron chi connectivity index (χ4n) is 2.35. The lowest BCUT2D eigenvalue weighted by molar-refractivity contribution is -0.128. The van der Waals surface area contributed by atoms with Crippen LogP contribution in [-0.2, 0) is 4.79 Å². The molecule has 0 bridgehead atoms. The summed E-state index contributed by atoms with van der Waals surface area (Å²) in [5, 5.41) is 8.56. The minimum Gasteiger partial charge on any atom is -0.411 e. The molecule has 0 radical (unpaired) electrons. The average Bonchev–Trinajstić information content (AvgIpc) is 3.09. The minimum atomic E-state index is 0.141. The molecule has 1 amide bonds. The molecule has 1 heterocycles. The Labute approximate surface area is 154 Å². The van der Waals surface area contributed by atoms with Crippen LogP contribution in [0.1, 0.15) is 45.1 Å². The number of aromatic nitrogens is 2. The zero-order chi connectivity index (χ0) is 18.1. The Morgan fingerprint density at radius 2 is 1.72 bits per heavy atom. The first-order chi connectivity index (χ1) is 12.1. The second-order valence-corrected chi connectivity index (χ2v) is 7.04. The van der Waals surface area contributed by atoms with Crippen molar-refractivity contribution in [2.24, 2.45) is 0 Å². The highest BCUT2D eigenvalue weighted by Crippen LogP contribution is 2.23. The van der Waals surface area contributed by atoms with E-state index >= 15 is 0 Å². The number of nitrogens with zero attached hydrogens (tertiary/aromatic N) is 3. The van der Waals surface area contributed by atoms with Gasteiger partial charge in [0.05, 0.1) is 5.75 Å². The highest BCUT2D eigenvalue weighted by molar-refractivity contribution is 7.99. The second-order valence-electron chi connectivity index (χ2n) is 6.12. The van der Waals surface area contributed by atoms with Gasteiger partial charge in [-0.25, -0.2) is 0 Å². The van der Waals surface area contributed by atoms with Crippen LogP contribution in [0.15, 0.2) is 33.9 Å². The van der Waals surface area contributed by atoms with Gasteiger partial charge in [0.1, 0.15) is 0 Å². The first kappa shape index (κ1) is 19.5. The van der Waals surface area contributed by atoms with Crippen LogP contribution in [0.3, 0.4) is 0 Å². The number of hydrogen-bond acceptors (Lipinski definition) is 5. The van der Waals surface area contributed by atoms with Gasteiger partial charge in [-0.15, -0.1) is 10.2 Å². The molecule has 136 valence electrons. The highest BCUT2D eigenvalue weighted by atomic mass is 32.2. The fourth-order valence-corrected chi connectivity index (χ4v) is 3.02. The standard InChI is InChI=1S/C19H27N3O2S/c1-4-6-12-22(13-7-5-2)17(23)14-25-19-21-20-18(24-19)16-10-8-15(3)9-11-16/h8-11H,4-7,12-14H2,1-3H3. The lowest BCUT2D eigenvalue weighted by Crippen LogP contribution is -2.34.